The summed E-state index contributed by atoms with van der Waals surface area (Å²) in [4.78, 5) is 4.64. The molecule has 0 aliphatic heterocycles. The highest BCUT2D eigenvalue weighted by atomic mass is 15.1. The standard InChI is InChI=1S/C51H40N2/c1-36-13-23-46(24-14-36)52(44-9-5-3-6-10-44)47-25-16-38(17-26-47)39-18-27-48(28-19-39)53(45-11-7-4-8-12-45)49-29-20-40(21-30-49)41-22-32-51-43(34-41)35-42-33-37(2)15-31-50(42)51/h3-34H,35H2,1-2H3. The molecule has 0 aromatic heterocycles. The van der Waals surface area contributed by atoms with E-state index in [1.54, 1.807) is 0 Å². The van der Waals surface area contributed by atoms with E-state index in [0.29, 0.717) is 0 Å². The van der Waals surface area contributed by atoms with E-state index in [0.717, 1.165) is 40.5 Å². The number of fused-ring (bicyclic) bond motifs is 3. The van der Waals surface area contributed by atoms with Crippen LogP contribution in [0.2, 0.25) is 0 Å². The van der Waals surface area contributed by atoms with Crippen molar-refractivity contribution in [3.05, 3.63) is 216 Å². The van der Waals surface area contributed by atoms with Crippen LogP contribution in [0.3, 0.4) is 0 Å². The molecule has 53 heavy (non-hydrogen) atoms. The Kier molecular flexibility index (Phi) is 8.42. The molecule has 254 valence electrons. The van der Waals surface area contributed by atoms with E-state index < -0.39 is 0 Å². The molecule has 0 bridgehead atoms. The van der Waals surface area contributed by atoms with Gasteiger partial charge < -0.3 is 9.80 Å². The quantitative estimate of drug-likeness (QED) is 0.158. The van der Waals surface area contributed by atoms with Gasteiger partial charge in [0.1, 0.15) is 0 Å². The second kappa shape index (κ2) is 13.8. The highest BCUT2D eigenvalue weighted by molar-refractivity contribution is 5.83. The van der Waals surface area contributed by atoms with Gasteiger partial charge in [0.05, 0.1) is 0 Å². The van der Waals surface area contributed by atoms with Crippen molar-refractivity contribution in [1.29, 1.82) is 0 Å². The lowest BCUT2D eigenvalue weighted by Crippen LogP contribution is -2.10. The lowest BCUT2D eigenvalue weighted by Gasteiger charge is -2.26. The fourth-order valence-electron chi connectivity index (χ4n) is 7.67. The maximum Gasteiger partial charge on any atom is 0.0462 e. The van der Waals surface area contributed by atoms with E-state index in [2.05, 4.69) is 218 Å². The molecule has 0 radical (unpaired) electrons. The summed E-state index contributed by atoms with van der Waals surface area (Å²) in [5.41, 5.74) is 19.8. The molecule has 1 aliphatic carbocycles. The highest BCUT2D eigenvalue weighted by Crippen LogP contribution is 2.41. The summed E-state index contributed by atoms with van der Waals surface area (Å²) < 4.78 is 0. The molecule has 0 unspecified atom stereocenters. The second-order valence-electron chi connectivity index (χ2n) is 14.0. The number of hydrogen-bond acceptors (Lipinski definition) is 2. The van der Waals surface area contributed by atoms with Crippen molar-refractivity contribution in [2.24, 2.45) is 0 Å². The maximum atomic E-state index is 2.38. The molecule has 0 spiro atoms. The Bertz CT molecular complexity index is 2500. The lowest BCUT2D eigenvalue weighted by atomic mass is 9.98. The minimum atomic E-state index is 1.000. The van der Waals surface area contributed by atoms with Crippen molar-refractivity contribution in [2.45, 2.75) is 20.3 Å². The van der Waals surface area contributed by atoms with Gasteiger partial charge in [-0.05, 0) is 138 Å². The average molecular weight is 681 g/mol. The first-order chi connectivity index (χ1) is 26.1. The zero-order valence-electron chi connectivity index (χ0n) is 30.1. The van der Waals surface area contributed by atoms with Crippen molar-refractivity contribution in [3.63, 3.8) is 0 Å². The molecular weight excluding hydrogens is 641 g/mol. The summed E-state index contributed by atoms with van der Waals surface area (Å²) in [5.74, 6) is 0. The van der Waals surface area contributed by atoms with Crippen LogP contribution in [0.15, 0.2) is 194 Å². The van der Waals surface area contributed by atoms with Gasteiger partial charge in [0.25, 0.3) is 0 Å². The lowest BCUT2D eigenvalue weighted by molar-refractivity contribution is 1.25. The van der Waals surface area contributed by atoms with Crippen molar-refractivity contribution < 1.29 is 0 Å². The molecule has 0 saturated heterocycles. The van der Waals surface area contributed by atoms with E-state index >= 15 is 0 Å². The SMILES string of the molecule is Cc1ccc(N(c2ccccc2)c2ccc(-c3ccc(N(c4ccccc4)c4ccc(-c5ccc6c(c5)Cc5cc(C)ccc5-6)cc4)cc3)cc2)cc1. The number of aryl methyl sites for hydroxylation is 2. The average Bonchev–Trinajstić information content (AvgIpc) is 3.57. The summed E-state index contributed by atoms with van der Waals surface area (Å²) in [6.07, 6.45) is 1.000. The van der Waals surface area contributed by atoms with Crippen molar-refractivity contribution in [2.75, 3.05) is 9.80 Å². The van der Waals surface area contributed by atoms with Crippen molar-refractivity contribution in [1.82, 2.24) is 0 Å². The van der Waals surface area contributed by atoms with E-state index in [9.17, 15) is 0 Å². The molecule has 0 amide bonds. The molecule has 9 rings (SSSR count). The summed E-state index contributed by atoms with van der Waals surface area (Å²) in [7, 11) is 0. The zero-order chi connectivity index (χ0) is 35.7. The smallest absolute Gasteiger partial charge is 0.0462 e. The predicted octanol–water partition coefficient (Wildman–Crippen LogP) is 14.1. The second-order valence-corrected chi connectivity index (χ2v) is 14.0. The summed E-state index contributed by atoms with van der Waals surface area (Å²) in [6.45, 7) is 4.30. The Morgan fingerprint density at radius 2 is 0.642 bits per heavy atom. The molecule has 1 aliphatic rings. The summed E-state index contributed by atoms with van der Waals surface area (Å²) in [5, 5.41) is 0. The van der Waals surface area contributed by atoms with Crippen molar-refractivity contribution in [3.8, 4) is 33.4 Å². The molecule has 0 saturated carbocycles. The maximum absolute atomic E-state index is 2.38. The van der Waals surface area contributed by atoms with Crippen molar-refractivity contribution >= 4 is 34.1 Å². The third-order valence-electron chi connectivity index (χ3n) is 10.4. The largest absolute Gasteiger partial charge is 0.311 e. The van der Waals surface area contributed by atoms with Gasteiger partial charge in [-0.3, -0.25) is 0 Å². The van der Waals surface area contributed by atoms with Gasteiger partial charge in [-0.15, -0.1) is 0 Å². The van der Waals surface area contributed by atoms with Crippen LogP contribution in [0.1, 0.15) is 22.3 Å². The molecule has 0 atom stereocenters. The van der Waals surface area contributed by atoms with E-state index in [1.807, 2.05) is 0 Å². The van der Waals surface area contributed by atoms with Gasteiger partial charge in [-0.25, -0.2) is 0 Å². The highest BCUT2D eigenvalue weighted by Gasteiger charge is 2.19. The fraction of sp³-hybridized carbons (Fsp3) is 0.0588. The van der Waals surface area contributed by atoms with Crippen LogP contribution in [0.25, 0.3) is 33.4 Å². The first-order valence-corrected chi connectivity index (χ1v) is 18.4. The fourth-order valence-corrected chi connectivity index (χ4v) is 7.67. The minimum Gasteiger partial charge on any atom is -0.311 e. The first-order valence-electron chi connectivity index (χ1n) is 18.4. The van der Waals surface area contributed by atoms with E-state index in [-0.39, 0.29) is 0 Å². The number of rotatable bonds is 8. The summed E-state index contributed by atoms with van der Waals surface area (Å²) in [6, 6.07) is 70.5. The number of nitrogens with zero attached hydrogens (tertiary/aromatic N) is 2. The molecule has 8 aromatic rings. The third-order valence-corrected chi connectivity index (χ3v) is 10.4. The van der Waals surface area contributed by atoms with E-state index in [1.165, 1.54) is 55.6 Å². The van der Waals surface area contributed by atoms with Crippen LogP contribution in [-0.2, 0) is 6.42 Å². The van der Waals surface area contributed by atoms with Crippen LogP contribution in [0.5, 0.6) is 0 Å². The Morgan fingerprint density at radius 3 is 1.11 bits per heavy atom. The number of hydrogen-bond donors (Lipinski definition) is 0. The van der Waals surface area contributed by atoms with Crippen LogP contribution < -0.4 is 9.80 Å². The van der Waals surface area contributed by atoms with Crippen LogP contribution in [0.4, 0.5) is 34.1 Å². The van der Waals surface area contributed by atoms with Gasteiger partial charge in [-0.1, -0.05) is 132 Å². The molecule has 0 N–H and O–H groups in total. The molecule has 0 heterocycles. The van der Waals surface area contributed by atoms with Crippen LogP contribution in [-0.4, -0.2) is 0 Å². The van der Waals surface area contributed by atoms with Gasteiger partial charge in [0.2, 0.25) is 0 Å². The molecule has 2 heteroatoms. The monoisotopic (exact) mass is 680 g/mol. The molecule has 8 aromatic carbocycles. The number of anilines is 6. The predicted molar refractivity (Wildman–Crippen MR) is 224 cm³/mol. The molecule has 2 nitrogen and oxygen atoms in total. The Morgan fingerprint density at radius 1 is 0.302 bits per heavy atom. The van der Waals surface area contributed by atoms with Gasteiger partial charge in [0, 0.05) is 34.1 Å². The Labute approximate surface area is 312 Å². The minimum absolute atomic E-state index is 1.000. The topological polar surface area (TPSA) is 6.48 Å². The van der Waals surface area contributed by atoms with E-state index in [4.69, 9.17) is 0 Å². The van der Waals surface area contributed by atoms with Gasteiger partial charge in [0.15, 0.2) is 0 Å². The molecular formula is C51H40N2. The third kappa shape index (κ3) is 6.41. The first kappa shape index (κ1) is 32.3. The van der Waals surface area contributed by atoms with Crippen LogP contribution >= 0.6 is 0 Å². The van der Waals surface area contributed by atoms with Gasteiger partial charge in [-0.2, -0.15) is 0 Å². The normalized spacial score (nSPS) is 11.5. The van der Waals surface area contributed by atoms with Gasteiger partial charge >= 0.3 is 0 Å². The zero-order valence-corrected chi connectivity index (χ0v) is 30.1. The number of para-hydroxylation sites is 2. The Hall–Kier alpha value is -6.64. The molecule has 0 fully saturated rings. The summed E-state index contributed by atoms with van der Waals surface area (Å²) >= 11 is 0. The Balaban J connectivity index is 0.986. The van der Waals surface area contributed by atoms with Crippen LogP contribution in [0, 0.1) is 13.8 Å². The number of benzene rings is 8.